The first-order valence-corrected chi connectivity index (χ1v) is 9.17. The molecular weight excluding hydrogens is 350 g/mol. The first kappa shape index (κ1) is 20.0. The van der Waals surface area contributed by atoms with Gasteiger partial charge in [-0.05, 0) is 50.1 Å². The van der Waals surface area contributed by atoms with Crippen molar-refractivity contribution in [1.29, 1.82) is 0 Å². The Morgan fingerprint density at radius 3 is 2.35 bits per heavy atom. The Labute approximate surface area is 159 Å². The Hall–Kier alpha value is -2.33. The van der Waals surface area contributed by atoms with E-state index in [0.29, 0.717) is 36.6 Å². The van der Waals surface area contributed by atoms with E-state index in [-0.39, 0.29) is 17.9 Å². The number of nitrogens with zero attached hydrogens (tertiary/aromatic N) is 1. The molecule has 0 saturated heterocycles. The van der Waals surface area contributed by atoms with Crippen molar-refractivity contribution in [3.63, 3.8) is 0 Å². The maximum atomic E-state index is 13.0. The molecule has 0 N–H and O–H groups in total. The van der Waals surface area contributed by atoms with Crippen LogP contribution in [0.2, 0.25) is 5.02 Å². The summed E-state index contributed by atoms with van der Waals surface area (Å²) in [5.41, 5.74) is 1.62. The van der Waals surface area contributed by atoms with Gasteiger partial charge in [-0.3, -0.25) is 9.59 Å². The van der Waals surface area contributed by atoms with Gasteiger partial charge in [-0.25, -0.2) is 0 Å². The molecule has 5 heteroatoms. The molecule has 0 bridgehead atoms. The third-order valence-electron chi connectivity index (χ3n) is 4.19. The lowest BCUT2D eigenvalue weighted by atomic mass is 10.0. The molecule has 2 aromatic carbocycles. The molecule has 0 saturated carbocycles. The maximum Gasteiger partial charge on any atom is 0.305 e. The normalized spacial score (nSPS) is 11.7. The van der Waals surface area contributed by atoms with Crippen LogP contribution >= 0.6 is 11.6 Å². The zero-order chi connectivity index (χ0) is 18.9. The lowest BCUT2D eigenvalue weighted by Crippen LogP contribution is -2.34. The van der Waals surface area contributed by atoms with Crippen LogP contribution in [0.1, 0.15) is 48.7 Å². The highest BCUT2D eigenvalue weighted by atomic mass is 35.5. The first-order valence-electron chi connectivity index (χ1n) is 8.80. The van der Waals surface area contributed by atoms with E-state index in [1.54, 1.807) is 36.1 Å². The second kappa shape index (κ2) is 9.97. The van der Waals surface area contributed by atoms with E-state index in [0.717, 1.165) is 5.56 Å². The number of hydrogen-bond acceptors (Lipinski definition) is 3. The van der Waals surface area contributed by atoms with Crippen LogP contribution in [-0.2, 0) is 9.53 Å². The number of esters is 1. The van der Waals surface area contributed by atoms with Gasteiger partial charge in [0, 0.05) is 23.6 Å². The molecule has 0 heterocycles. The van der Waals surface area contributed by atoms with Crippen LogP contribution in [0.4, 0.5) is 0 Å². The Kier molecular flexibility index (Phi) is 7.67. The number of rotatable bonds is 8. The molecule has 0 radical (unpaired) electrons. The Morgan fingerprint density at radius 1 is 1.08 bits per heavy atom. The number of amides is 1. The highest BCUT2D eigenvalue weighted by molar-refractivity contribution is 6.30. The molecule has 0 fully saturated rings. The molecule has 2 aromatic rings. The number of ether oxygens (including phenoxy) is 1. The van der Waals surface area contributed by atoms with Crippen molar-refractivity contribution in [2.24, 2.45) is 0 Å². The molecule has 1 unspecified atom stereocenters. The van der Waals surface area contributed by atoms with Gasteiger partial charge in [0.15, 0.2) is 0 Å². The number of hydrogen-bond donors (Lipinski definition) is 0. The van der Waals surface area contributed by atoms with Gasteiger partial charge in [-0.1, -0.05) is 41.9 Å². The fourth-order valence-electron chi connectivity index (χ4n) is 2.77. The summed E-state index contributed by atoms with van der Waals surface area (Å²) in [7, 11) is 0. The van der Waals surface area contributed by atoms with Gasteiger partial charge >= 0.3 is 5.97 Å². The van der Waals surface area contributed by atoms with E-state index < -0.39 is 0 Å². The summed E-state index contributed by atoms with van der Waals surface area (Å²) in [6.07, 6.45) is 0.842. The summed E-state index contributed by atoms with van der Waals surface area (Å²) in [5, 5.41) is 0.589. The number of carbonyl (C=O) groups is 2. The molecule has 2 rings (SSSR count). The summed E-state index contributed by atoms with van der Waals surface area (Å²) in [6.45, 7) is 4.61. The van der Waals surface area contributed by atoms with Gasteiger partial charge in [0.25, 0.3) is 5.91 Å². The van der Waals surface area contributed by atoms with Gasteiger partial charge in [-0.15, -0.1) is 0 Å². The van der Waals surface area contributed by atoms with Gasteiger partial charge in [0.2, 0.25) is 0 Å². The monoisotopic (exact) mass is 373 g/mol. The Bertz CT molecular complexity index is 716. The lowest BCUT2D eigenvalue weighted by molar-refractivity contribution is -0.143. The average molecular weight is 374 g/mol. The Morgan fingerprint density at radius 2 is 1.73 bits per heavy atom. The lowest BCUT2D eigenvalue weighted by Gasteiger charge is -2.30. The fraction of sp³-hybridized carbons (Fsp3) is 0.333. The van der Waals surface area contributed by atoms with E-state index in [1.165, 1.54) is 0 Å². The minimum Gasteiger partial charge on any atom is -0.466 e. The first-order chi connectivity index (χ1) is 12.5. The molecule has 0 spiro atoms. The molecule has 26 heavy (non-hydrogen) atoms. The number of carbonyl (C=O) groups excluding carboxylic acids is 2. The molecule has 1 atom stereocenters. The van der Waals surface area contributed by atoms with Crippen LogP contribution in [0.3, 0.4) is 0 Å². The molecule has 0 aromatic heterocycles. The number of benzene rings is 2. The SMILES string of the molecule is CCOC(=O)CCCN(C(=O)c1ccc(Cl)cc1)C(C)c1ccccc1. The standard InChI is InChI=1S/C21H24ClNO3/c1-3-26-20(24)10-7-15-23(16(2)17-8-5-4-6-9-17)21(25)18-11-13-19(22)14-12-18/h4-6,8-9,11-14,16H,3,7,10,15H2,1-2H3. The Balaban J connectivity index is 2.16. The van der Waals surface area contributed by atoms with E-state index in [2.05, 4.69) is 0 Å². The van der Waals surface area contributed by atoms with E-state index >= 15 is 0 Å². The number of halogens is 1. The van der Waals surface area contributed by atoms with Crippen LogP contribution < -0.4 is 0 Å². The van der Waals surface area contributed by atoms with Crippen molar-refractivity contribution >= 4 is 23.5 Å². The quantitative estimate of drug-likeness (QED) is 0.619. The van der Waals surface area contributed by atoms with Crippen LogP contribution in [0.5, 0.6) is 0 Å². The maximum absolute atomic E-state index is 13.0. The average Bonchev–Trinajstić information content (AvgIpc) is 2.66. The summed E-state index contributed by atoms with van der Waals surface area (Å²) in [4.78, 5) is 26.4. The summed E-state index contributed by atoms with van der Waals surface area (Å²) < 4.78 is 4.97. The molecule has 1 amide bonds. The van der Waals surface area contributed by atoms with Crippen molar-refractivity contribution in [2.75, 3.05) is 13.2 Å². The fourth-order valence-corrected chi connectivity index (χ4v) is 2.89. The smallest absolute Gasteiger partial charge is 0.305 e. The van der Waals surface area contributed by atoms with Crippen molar-refractivity contribution in [3.05, 3.63) is 70.7 Å². The van der Waals surface area contributed by atoms with Crippen LogP contribution in [0, 0.1) is 0 Å². The minimum atomic E-state index is -0.237. The van der Waals surface area contributed by atoms with Crippen molar-refractivity contribution in [2.45, 2.75) is 32.7 Å². The molecule has 4 nitrogen and oxygen atoms in total. The predicted molar refractivity (Wildman–Crippen MR) is 103 cm³/mol. The highest BCUT2D eigenvalue weighted by Crippen LogP contribution is 2.23. The molecule has 0 aliphatic carbocycles. The second-order valence-corrected chi connectivity index (χ2v) is 6.44. The predicted octanol–water partition coefficient (Wildman–Crippen LogP) is 4.89. The van der Waals surface area contributed by atoms with Crippen LogP contribution in [0.15, 0.2) is 54.6 Å². The summed E-state index contributed by atoms with van der Waals surface area (Å²) >= 11 is 5.93. The third-order valence-corrected chi connectivity index (χ3v) is 4.44. The van der Waals surface area contributed by atoms with E-state index in [1.807, 2.05) is 37.3 Å². The molecule has 0 aliphatic rings. The van der Waals surface area contributed by atoms with Crippen molar-refractivity contribution in [3.8, 4) is 0 Å². The van der Waals surface area contributed by atoms with Gasteiger partial charge in [0.1, 0.15) is 0 Å². The summed E-state index contributed by atoms with van der Waals surface area (Å²) in [5.74, 6) is -0.319. The molecule has 0 aliphatic heterocycles. The molecule has 138 valence electrons. The molecular formula is C21H24ClNO3. The largest absolute Gasteiger partial charge is 0.466 e. The highest BCUT2D eigenvalue weighted by Gasteiger charge is 2.22. The van der Waals surface area contributed by atoms with E-state index in [4.69, 9.17) is 16.3 Å². The van der Waals surface area contributed by atoms with Gasteiger partial charge < -0.3 is 9.64 Å². The van der Waals surface area contributed by atoms with Crippen molar-refractivity contribution < 1.29 is 14.3 Å². The van der Waals surface area contributed by atoms with Crippen molar-refractivity contribution in [1.82, 2.24) is 4.90 Å². The van der Waals surface area contributed by atoms with Gasteiger partial charge in [-0.2, -0.15) is 0 Å². The summed E-state index contributed by atoms with van der Waals surface area (Å²) in [6, 6.07) is 16.6. The van der Waals surface area contributed by atoms with Crippen LogP contribution in [0.25, 0.3) is 0 Å². The second-order valence-electron chi connectivity index (χ2n) is 6.00. The van der Waals surface area contributed by atoms with Gasteiger partial charge in [0.05, 0.1) is 12.6 Å². The topological polar surface area (TPSA) is 46.6 Å². The van der Waals surface area contributed by atoms with E-state index in [9.17, 15) is 9.59 Å². The zero-order valence-corrected chi connectivity index (χ0v) is 15.9. The minimum absolute atomic E-state index is 0.0816. The van der Waals surface area contributed by atoms with Crippen LogP contribution in [-0.4, -0.2) is 29.9 Å². The third kappa shape index (κ3) is 5.60. The zero-order valence-electron chi connectivity index (χ0n) is 15.2.